The fourth-order valence-electron chi connectivity index (χ4n) is 5.03. The average molecular weight is 660 g/mol. The van der Waals surface area contributed by atoms with E-state index in [9.17, 15) is 22.4 Å². The van der Waals surface area contributed by atoms with Crippen LogP contribution in [-0.2, 0) is 32.8 Å². The lowest BCUT2D eigenvalue weighted by atomic mass is 10.0. The van der Waals surface area contributed by atoms with Gasteiger partial charge in [0.05, 0.1) is 5.69 Å². The first-order chi connectivity index (χ1) is 20.0. The molecule has 0 aromatic heterocycles. The van der Waals surface area contributed by atoms with Gasteiger partial charge in [0.25, 0.3) is 0 Å². The molecular formula is C31H36BrFN4O4S. The zero-order valence-electron chi connectivity index (χ0n) is 23.7. The van der Waals surface area contributed by atoms with Gasteiger partial charge in [-0.3, -0.25) is 9.59 Å². The molecule has 1 fully saturated rings. The quantitative estimate of drug-likeness (QED) is 0.300. The molecular weight excluding hydrogens is 623 g/mol. The Morgan fingerprint density at radius 1 is 0.929 bits per heavy atom. The lowest BCUT2D eigenvalue weighted by Gasteiger charge is -2.35. The molecule has 0 saturated heterocycles. The highest BCUT2D eigenvalue weighted by molar-refractivity contribution is 9.10. The molecule has 0 aliphatic heterocycles. The molecule has 8 nitrogen and oxygen atoms in total. The summed E-state index contributed by atoms with van der Waals surface area (Å²) in [6, 6.07) is 20.9. The summed E-state index contributed by atoms with van der Waals surface area (Å²) in [5.41, 5.74) is 1.79. The molecule has 0 radical (unpaired) electrons. The van der Waals surface area contributed by atoms with Crippen LogP contribution < -0.4 is 9.62 Å². The SMILES string of the molecule is CN(C)S(=O)(=O)N(CC(=O)N(Cc1ccc(Br)cc1)C(Cc1ccccc1)C(=O)NC1CCCC1)c1ccc(F)cc1. The average Bonchev–Trinajstić information content (AvgIpc) is 3.48. The van der Waals surface area contributed by atoms with E-state index in [1.807, 2.05) is 54.6 Å². The molecule has 0 spiro atoms. The predicted octanol–water partition coefficient (Wildman–Crippen LogP) is 4.90. The molecule has 1 aliphatic carbocycles. The number of nitrogens with zero attached hydrogens (tertiary/aromatic N) is 3. The Labute approximate surface area is 255 Å². The molecule has 0 heterocycles. The number of halogens is 2. The Balaban J connectivity index is 1.74. The van der Waals surface area contributed by atoms with Crippen LogP contribution in [0.15, 0.2) is 83.3 Å². The summed E-state index contributed by atoms with van der Waals surface area (Å²) >= 11 is 3.44. The molecule has 1 unspecified atom stereocenters. The number of rotatable bonds is 12. The van der Waals surface area contributed by atoms with E-state index in [1.54, 1.807) is 0 Å². The second-order valence-corrected chi connectivity index (χ2v) is 13.6. The third kappa shape index (κ3) is 8.17. The largest absolute Gasteiger partial charge is 0.352 e. The van der Waals surface area contributed by atoms with Crippen molar-refractivity contribution in [3.63, 3.8) is 0 Å². The summed E-state index contributed by atoms with van der Waals surface area (Å²) < 4.78 is 43.3. The standard InChI is InChI=1S/C31H36BrFN4O4S/c1-35(2)42(40,41)37(28-18-16-26(33)17-19-28)22-30(38)36(21-24-12-14-25(32)15-13-24)29(20-23-8-4-3-5-9-23)31(39)34-27-10-6-7-11-27/h3-5,8-9,12-19,27,29H,6-7,10-11,20-22H2,1-2H3,(H,34,39). The van der Waals surface area contributed by atoms with E-state index in [1.165, 1.54) is 31.1 Å². The molecule has 0 bridgehead atoms. The Morgan fingerprint density at radius 2 is 1.55 bits per heavy atom. The molecule has 224 valence electrons. The summed E-state index contributed by atoms with van der Waals surface area (Å²) in [6.45, 7) is -0.494. The highest BCUT2D eigenvalue weighted by Crippen LogP contribution is 2.24. The van der Waals surface area contributed by atoms with Crippen molar-refractivity contribution >= 4 is 43.6 Å². The maximum atomic E-state index is 14.2. The van der Waals surface area contributed by atoms with E-state index >= 15 is 0 Å². The Morgan fingerprint density at radius 3 is 2.14 bits per heavy atom. The smallest absolute Gasteiger partial charge is 0.304 e. The minimum absolute atomic E-state index is 0.0326. The van der Waals surface area contributed by atoms with Crippen LogP contribution in [0.2, 0.25) is 0 Å². The van der Waals surface area contributed by atoms with E-state index in [-0.39, 0.29) is 30.6 Å². The van der Waals surface area contributed by atoms with Crippen molar-refractivity contribution in [2.24, 2.45) is 0 Å². The predicted molar refractivity (Wildman–Crippen MR) is 165 cm³/mol. The van der Waals surface area contributed by atoms with Gasteiger partial charge in [0.15, 0.2) is 0 Å². The number of hydrogen-bond acceptors (Lipinski definition) is 4. The number of amides is 2. The van der Waals surface area contributed by atoms with Crippen LogP contribution in [0, 0.1) is 5.82 Å². The molecule has 2 amide bonds. The first-order valence-corrected chi connectivity index (χ1v) is 16.1. The van der Waals surface area contributed by atoms with Crippen LogP contribution in [0.25, 0.3) is 0 Å². The van der Waals surface area contributed by atoms with Gasteiger partial charge in [0.1, 0.15) is 18.4 Å². The van der Waals surface area contributed by atoms with E-state index in [0.717, 1.165) is 62.0 Å². The lowest BCUT2D eigenvalue weighted by Crippen LogP contribution is -2.55. The van der Waals surface area contributed by atoms with Crippen molar-refractivity contribution in [3.05, 3.63) is 100 Å². The number of benzene rings is 3. The van der Waals surface area contributed by atoms with Crippen LogP contribution in [0.3, 0.4) is 0 Å². The molecule has 1 N–H and O–H groups in total. The minimum atomic E-state index is -4.15. The normalized spacial score (nSPS) is 14.5. The van der Waals surface area contributed by atoms with Crippen molar-refractivity contribution in [1.82, 2.24) is 14.5 Å². The van der Waals surface area contributed by atoms with Gasteiger partial charge >= 0.3 is 10.2 Å². The summed E-state index contributed by atoms with van der Waals surface area (Å²) in [4.78, 5) is 29.6. The fourth-order valence-corrected chi connectivity index (χ4v) is 6.35. The summed E-state index contributed by atoms with van der Waals surface area (Å²) in [7, 11) is -1.42. The van der Waals surface area contributed by atoms with Gasteiger partial charge < -0.3 is 10.2 Å². The van der Waals surface area contributed by atoms with Gasteiger partial charge in [-0.2, -0.15) is 12.7 Å². The van der Waals surface area contributed by atoms with Gasteiger partial charge in [0, 0.05) is 37.6 Å². The number of nitrogens with one attached hydrogen (secondary N) is 1. The van der Waals surface area contributed by atoms with Crippen LogP contribution >= 0.6 is 15.9 Å². The molecule has 11 heteroatoms. The molecule has 1 aliphatic rings. The van der Waals surface area contributed by atoms with Crippen molar-refractivity contribution in [2.75, 3.05) is 24.9 Å². The molecule has 1 saturated carbocycles. The van der Waals surface area contributed by atoms with Gasteiger partial charge in [0.2, 0.25) is 11.8 Å². The van der Waals surface area contributed by atoms with Crippen LogP contribution in [0.5, 0.6) is 0 Å². The summed E-state index contributed by atoms with van der Waals surface area (Å²) in [5.74, 6) is -1.37. The Kier molecular flexibility index (Phi) is 10.7. The van der Waals surface area contributed by atoms with Crippen LogP contribution in [0.1, 0.15) is 36.8 Å². The van der Waals surface area contributed by atoms with Crippen molar-refractivity contribution in [3.8, 4) is 0 Å². The van der Waals surface area contributed by atoms with E-state index in [4.69, 9.17) is 0 Å². The van der Waals surface area contributed by atoms with Gasteiger partial charge in [-0.25, -0.2) is 8.70 Å². The van der Waals surface area contributed by atoms with E-state index in [2.05, 4.69) is 21.2 Å². The zero-order chi connectivity index (χ0) is 30.3. The number of hydrogen-bond donors (Lipinski definition) is 1. The zero-order valence-corrected chi connectivity index (χ0v) is 26.2. The number of carbonyl (C=O) groups is 2. The number of carbonyl (C=O) groups excluding carboxylic acids is 2. The second kappa shape index (κ2) is 14.3. The van der Waals surface area contributed by atoms with Gasteiger partial charge in [-0.15, -0.1) is 0 Å². The topological polar surface area (TPSA) is 90.0 Å². The van der Waals surface area contributed by atoms with Crippen molar-refractivity contribution in [1.29, 1.82) is 0 Å². The monoisotopic (exact) mass is 658 g/mol. The van der Waals surface area contributed by atoms with Gasteiger partial charge in [-0.1, -0.05) is 71.2 Å². The maximum Gasteiger partial charge on any atom is 0.304 e. The molecule has 1 atom stereocenters. The first-order valence-electron chi connectivity index (χ1n) is 13.9. The molecule has 3 aromatic rings. The minimum Gasteiger partial charge on any atom is -0.352 e. The number of anilines is 1. The third-order valence-corrected chi connectivity index (χ3v) is 9.72. The fraction of sp³-hybridized carbons (Fsp3) is 0.355. The van der Waals surface area contributed by atoms with Crippen molar-refractivity contribution in [2.45, 2.75) is 50.7 Å². The van der Waals surface area contributed by atoms with E-state index in [0.29, 0.717) is 0 Å². The maximum absolute atomic E-state index is 14.2. The van der Waals surface area contributed by atoms with Crippen LogP contribution in [-0.4, -0.2) is 62.2 Å². The third-order valence-electron chi connectivity index (χ3n) is 7.37. The van der Waals surface area contributed by atoms with E-state index < -0.39 is 34.5 Å². The van der Waals surface area contributed by atoms with Crippen LogP contribution in [0.4, 0.5) is 10.1 Å². The molecule has 4 rings (SSSR count). The first kappa shape index (κ1) is 31.7. The molecule has 3 aromatic carbocycles. The highest BCUT2D eigenvalue weighted by Gasteiger charge is 2.35. The highest BCUT2D eigenvalue weighted by atomic mass is 79.9. The Hall–Kier alpha value is -3.28. The lowest BCUT2D eigenvalue weighted by molar-refractivity contribution is -0.140. The van der Waals surface area contributed by atoms with Gasteiger partial charge in [-0.05, 0) is 60.4 Å². The van der Waals surface area contributed by atoms with Crippen molar-refractivity contribution < 1.29 is 22.4 Å². The summed E-state index contributed by atoms with van der Waals surface area (Å²) in [6.07, 6.45) is 4.07. The second-order valence-electron chi connectivity index (χ2n) is 10.6. The Bertz CT molecular complexity index is 1450. The molecule has 42 heavy (non-hydrogen) atoms. The summed E-state index contributed by atoms with van der Waals surface area (Å²) in [5, 5.41) is 3.15.